The molecule has 2 rings (SSSR count). The van der Waals surface area contributed by atoms with Gasteiger partial charge in [-0.25, -0.2) is 10.4 Å². The van der Waals surface area contributed by atoms with Crippen molar-refractivity contribution in [1.82, 2.24) is 4.98 Å². The number of nitriles is 1. The number of nitrogens with one attached hydrogen (secondary N) is 1. The first-order valence-corrected chi connectivity index (χ1v) is 7.63. The Balaban J connectivity index is 2.03. The lowest BCUT2D eigenvalue weighted by Crippen LogP contribution is -2.05. The van der Waals surface area contributed by atoms with Crippen LogP contribution in [-0.2, 0) is 0 Å². The van der Waals surface area contributed by atoms with Crippen LogP contribution in [0, 0.1) is 17.2 Å². The summed E-state index contributed by atoms with van der Waals surface area (Å²) in [6.45, 7) is 4.18. The third-order valence-corrected chi connectivity index (χ3v) is 3.85. The highest BCUT2D eigenvalue weighted by Gasteiger charge is 2.18. The molecule has 0 saturated heterocycles. The first-order valence-electron chi connectivity index (χ1n) is 7.63. The molecule has 0 amide bonds. The number of allylic oxidation sites excluding steroid dienone is 2. The Labute approximate surface area is 125 Å². The summed E-state index contributed by atoms with van der Waals surface area (Å²) in [7, 11) is 0. The number of hydrogen-bond donors (Lipinski definition) is 1. The molecule has 1 aromatic rings. The second-order valence-electron chi connectivity index (χ2n) is 5.29. The average molecular weight is 286 g/mol. The molecule has 1 unspecified atom stereocenters. The van der Waals surface area contributed by atoms with Gasteiger partial charge in [-0.1, -0.05) is 26.0 Å². The van der Waals surface area contributed by atoms with E-state index in [1.165, 1.54) is 0 Å². The third kappa shape index (κ3) is 3.94. The van der Waals surface area contributed by atoms with E-state index in [9.17, 15) is 0 Å². The lowest BCUT2D eigenvalue weighted by molar-refractivity contribution is 0.439. The van der Waals surface area contributed by atoms with Crippen LogP contribution in [0.1, 0.15) is 63.5 Å². The van der Waals surface area contributed by atoms with E-state index in [0.717, 1.165) is 32.1 Å². The topological polar surface area (TPSA) is 74.2 Å². The minimum absolute atomic E-state index is 0.250. The van der Waals surface area contributed by atoms with Crippen LogP contribution in [0.15, 0.2) is 21.7 Å². The van der Waals surface area contributed by atoms with Crippen molar-refractivity contribution in [2.75, 3.05) is 5.43 Å². The molecule has 112 valence electrons. The van der Waals surface area contributed by atoms with E-state index < -0.39 is 0 Å². The SMILES string of the molecule is CCC(CC)c1nc(C#N)c(N/N=C/C2CC=CCC2)o1. The Bertz CT molecular complexity index is 549. The van der Waals surface area contributed by atoms with Crippen molar-refractivity contribution in [2.45, 2.75) is 51.9 Å². The van der Waals surface area contributed by atoms with Crippen LogP contribution < -0.4 is 5.43 Å². The summed E-state index contributed by atoms with van der Waals surface area (Å²) in [5, 5.41) is 13.3. The fourth-order valence-electron chi connectivity index (χ4n) is 2.45. The molecule has 0 aliphatic heterocycles. The molecule has 1 aromatic heterocycles. The van der Waals surface area contributed by atoms with Gasteiger partial charge in [-0.3, -0.25) is 0 Å². The van der Waals surface area contributed by atoms with Crippen LogP contribution in [0.25, 0.3) is 0 Å². The van der Waals surface area contributed by atoms with Crippen LogP contribution >= 0.6 is 0 Å². The van der Waals surface area contributed by atoms with Crippen molar-refractivity contribution in [3.05, 3.63) is 23.7 Å². The molecule has 0 aromatic carbocycles. The largest absolute Gasteiger partial charge is 0.422 e. The summed E-state index contributed by atoms with van der Waals surface area (Å²) in [6.07, 6.45) is 11.4. The van der Waals surface area contributed by atoms with Crippen LogP contribution in [0.5, 0.6) is 0 Å². The normalized spacial score (nSPS) is 18.3. The minimum Gasteiger partial charge on any atom is -0.422 e. The fraction of sp³-hybridized carbons (Fsp3) is 0.562. The van der Waals surface area contributed by atoms with E-state index in [0.29, 0.717) is 17.7 Å². The van der Waals surface area contributed by atoms with Gasteiger partial charge in [0.1, 0.15) is 6.07 Å². The quantitative estimate of drug-likeness (QED) is 0.483. The molecule has 5 nitrogen and oxygen atoms in total. The number of oxazole rings is 1. The predicted molar refractivity (Wildman–Crippen MR) is 83.1 cm³/mol. The Kier molecular flexibility index (Phi) is 5.56. The summed E-state index contributed by atoms with van der Waals surface area (Å²) in [6, 6.07) is 2.06. The van der Waals surface area contributed by atoms with Gasteiger partial charge in [0, 0.05) is 12.1 Å². The van der Waals surface area contributed by atoms with Gasteiger partial charge < -0.3 is 4.42 Å². The molecule has 0 spiro atoms. The van der Waals surface area contributed by atoms with Crippen molar-refractivity contribution in [1.29, 1.82) is 5.26 Å². The van der Waals surface area contributed by atoms with Gasteiger partial charge in [0.15, 0.2) is 0 Å². The van der Waals surface area contributed by atoms with Crippen LogP contribution in [0.2, 0.25) is 0 Å². The number of hydrogen-bond acceptors (Lipinski definition) is 5. The van der Waals surface area contributed by atoms with E-state index in [4.69, 9.17) is 9.68 Å². The Morgan fingerprint density at radius 2 is 2.33 bits per heavy atom. The standard InChI is InChI=1S/C16H22N4O/c1-3-13(4-2)15-19-14(10-17)16(21-15)20-18-11-12-8-6-5-7-9-12/h5-6,11-13,20H,3-4,7-9H2,1-2H3/b18-11+. The van der Waals surface area contributed by atoms with Gasteiger partial charge >= 0.3 is 0 Å². The van der Waals surface area contributed by atoms with E-state index >= 15 is 0 Å². The van der Waals surface area contributed by atoms with E-state index in [1.54, 1.807) is 0 Å². The molecule has 1 atom stereocenters. The first-order chi connectivity index (χ1) is 10.3. The van der Waals surface area contributed by atoms with E-state index in [-0.39, 0.29) is 11.6 Å². The zero-order valence-corrected chi connectivity index (χ0v) is 12.7. The summed E-state index contributed by atoms with van der Waals surface area (Å²) in [5.74, 6) is 1.67. The van der Waals surface area contributed by atoms with Gasteiger partial charge in [-0.2, -0.15) is 10.4 Å². The van der Waals surface area contributed by atoms with Gasteiger partial charge in [-0.05, 0) is 38.0 Å². The number of nitrogens with zero attached hydrogens (tertiary/aromatic N) is 3. The molecule has 21 heavy (non-hydrogen) atoms. The lowest BCUT2D eigenvalue weighted by atomic mass is 9.96. The molecule has 1 aliphatic rings. The average Bonchev–Trinajstić information content (AvgIpc) is 2.93. The molecule has 1 N–H and O–H groups in total. The van der Waals surface area contributed by atoms with Crippen molar-refractivity contribution in [3.63, 3.8) is 0 Å². The Morgan fingerprint density at radius 1 is 1.52 bits per heavy atom. The minimum atomic E-state index is 0.250. The maximum Gasteiger partial charge on any atom is 0.252 e. The zero-order valence-electron chi connectivity index (χ0n) is 12.7. The van der Waals surface area contributed by atoms with Gasteiger partial charge in [-0.15, -0.1) is 0 Å². The van der Waals surface area contributed by atoms with Crippen molar-refractivity contribution in [3.8, 4) is 6.07 Å². The van der Waals surface area contributed by atoms with E-state index in [2.05, 4.69) is 47.6 Å². The molecular weight excluding hydrogens is 264 g/mol. The second kappa shape index (κ2) is 7.63. The van der Waals surface area contributed by atoms with Crippen molar-refractivity contribution in [2.24, 2.45) is 11.0 Å². The summed E-state index contributed by atoms with van der Waals surface area (Å²) in [4.78, 5) is 4.26. The lowest BCUT2D eigenvalue weighted by Gasteiger charge is -2.11. The molecule has 0 bridgehead atoms. The van der Waals surface area contributed by atoms with E-state index in [1.807, 2.05) is 6.21 Å². The highest BCUT2D eigenvalue weighted by atomic mass is 16.4. The molecule has 1 heterocycles. The predicted octanol–water partition coefficient (Wildman–Crippen LogP) is 4.20. The maximum atomic E-state index is 9.13. The second-order valence-corrected chi connectivity index (χ2v) is 5.29. The van der Waals surface area contributed by atoms with Crippen molar-refractivity contribution < 1.29 is 4.42 Å². The van der Waals surface area contributed by atoms with Crippen LogP contribution in [0.4, 0.5) is 5.88 Å². The molecule has 1 aliphatic carbocycles. The third-order valence-electron chi connectivity index (χ3n) is 3.85. The molecule has 0 radical (unpaired) electrons. The summed E-state index contributed by atoms with van der Waals surface area (Å²) >= 11 is 0. The monoisotopic (exact) mass is 286 g/mol. The van der Waals surface area contributed by atoms with Crippen LogP contribution in [0.3, 0.4) is 0 Å². The number of hydrazone groups is 1. The Morgan fingerprint density at radius 3 is 2.95 bits per heavy atom. The maximum absolute atomic E-state index is 9.13. The van der Waals surface area contributed by atoms with Gasteiger partial charge in [0.2, 0.25) is 11.6 Å². The van der Waals surface area contributed by atoms with Crippen LogP contribution in [-0.4, -0.2) is 11.2 Å². The first kappa shape index (κ1) is 15.3. The molecular formula is C16H22N4O. The number of anilines is 1. The Hall–Kier alpha value is -2.09. The zero-order chi connectivity index (χ0) is 15.1. The number of rotatable bonds is 6. The van der Waals surface area contributed by atoms with Gasteiger partial charge in [0.05, 0.1) is 0 Å². The van der Waals surface area contributed by atoms with Gasteiger partial charge in [0.25, 0.3) is 5.88 Å². The summed E-state index contributed by atoms with van der Waals surface area (Å²) in [5.41, 5.74) is 3.10. The molecule has 0 fully saturated rings. The highest BCUT2D eigenvalue weighted by Crippen LogP contribution is 2.27. The smallest absolute Gasteiger partial charge is 0.252 e. The highest BCUT2D eigenvalue weighted by molar-refractivity contribution is 5.63. The number of aromatic nitrogens is 1. The van der Waals surface area contributed by atoms with Crippen molar-refractivity contribution >= 4 is 12.1 Å². The summed E-state index contributed by atoms with van der Waals surface area (Å²) < 4.78 is 5.67. The molecule has 5 heteroatoms. The fourth-order valence-corrected chi connectivity index (χ4v) is 2.45. The molecule has 0 saturated carbocycles.